The van der Waals surface area contributed by atoms with Crippen molar-refractivity contribution in [2.75, 3.05) is 13.2 Å². The molecule has 0 aliphatic rings. The molecule has 3 nitrogen and oxygen atoms in total. The molecule has 4 heteroatoms. The van der Waals surface area contributed by atoms with Crippen molar-refractivity contribution in [3.8, 4) is 0 Å². The third kappa shape index (κ3) is 5.68. The molecular formula is C5H12FNO2. The summed E-state index contributed by atoms with van der Waals surface area (Å²) in [4.78, 5) is 0. The summed E-state index contributed by atoms with van der Waals surface area (Å²) in [5.41, 5.74) is 1.84. The monoisotopic (exact) mass is 137 g/mol. The van der Waals surface area contributed by atoms with Crippen LogP contribution in [0.4, 0.5) is 4.39 Å². The lowest BCUT2D eigenvalue weighted by atomic mass is 10.2. The van der Waals surface area contributed by atoms with Crippen molar-refractivity contribution in [3.05, 3.63) is 0 Å². The standard InChI is InChI=1S/C5H12FNO2/c6-5(2-4-8)1-3-7-9/h5,7-9H,1-4H2/t5-/m1/s1. The summed E-state index contributed by atoms with van der Waals surface area (Å²) < 4.78 is 12.3. The Hall–Kier alpha value is -0.190. The highest BCUT2D eigenvalue weighted by Gasteiger charge is 2.02. The van der Waals surface area contributed by atoms with Crippen molar-refractivity contribution < 1.29 is 14.7 Å². The molecular weight excluding hydrogens is 125 g/mol. The van der Waals surface area contributed by atoms with Crippen LogP contribution in [0.2, 0.25) is 0 Å². The molecule has 1 atom stereocenters. The summed E-state index contributed by atoms with van der Waals surface area (Å²) in [6.07, 6.45) is -0.603. The molecule has 0 spiro atoms. The smallest absolute Gasteiger partial charge is 0.104 e. The van der Waals surface area contributed by atoms with Crippen LogP contribution in [0.15, 0.2) is 0 Å². The van der Waals surface area contributed by atoms with Crippen LogP contribution in [0.3, 0.4) is 0 Å². The Morgan fingerprint density at radius 3 is 2.56 bits per heavy atom. The summed E-state index contributed by atoms with van der Waals surface area (Å²) in [5, 5.41) is 16.2. The van der Waals surface area contributed by atoms with Crippen molar-refractivity contribution in [2.45, 2.75) is 19.0 Å². The average molecular weight is 137 g/mol. The molecule has 0 aromatic rings. The van der Waals surface area contributed by atoms with E-state index in [2.05, 4.69) is 0 Å². The van der Waals surface area contributed by atoms with Gasteiger partial charge in [0, 0.05) is 19.6 Å². The lowest BCUT2D eigenvalue weighted by Crippen LogP contribution is -2.15. The Bertz CT molecular complexity index is 62.9. The van der Waals surface area contributed by atoms with Gasteiger partial charge in [-0.05, 0) is 6.42 Å². The highest BCUT2D eigenvalue weighted by atomic mass is 19.1. The molecule has 0 aliphatic heterocycles. The maximum Gasteiger partial charge on any atom is 0.104 e. The first-order valence-electron chi connectivity index (χ1n) is 2.93. The van der Waals surface area contributed by atoms with Gasteiger partial charge in [-0.2, -0.15) is 0 Å². The van der Waals surface area contributed by atoms with Crippen molar-refractivity contribution in [1.82, 2.24) is 5.48 Å². The van der Waals surface area contributed by atoms with E-state index in [0.717, 1.165) is 0 Å². The predicted molar refractivity (Wildman–Crippen MR) is 31.0 cm³/mol. The van der Waals surface area contributed by atoms with E-state index in [-0.39, 0.29) is 26.0 Å². The highest BCUT2D eigenvalue weighted by Crippen LogP contribution is 2.00. The Labute approximate surface area is 53.5 Å². The van der Waals surface area contributed by atoms with Crippen LogP contribution in [-0.2, 0) is 0 Å². The van der Waals surface area contributed by atoms with Gasteiger partial charge in [0.15, 0.2) is 0 Å². The zero-order valence-electron chi connectivity index (χ0n) is 5.18. The van der Waals surface area contributed by atoms with Gasteiger partial charge in [-0.25, -0.2) is 9.87 Å². The largest absolute Gasteiger partial charge is 0.396 e. The molecule has 0 heterocycles. The van der Waals surface area contributed by atoms with Crippen molar-refractivity contribution in [2.24, 2.45) is 0 Å². The van der Waals surface area contributed by atoms with Crippen LogP contribution < -0.4 is 5.48 Å². The summed E-state index contributed by atoms with van der Waals surface area (Å²) in [7, 11) is 0. The van der Waals surface area contributed by atoms with Gasteiger partial charge < -0.3 is 10.3 Å². The van der Waals surface area contributed by atoms with Crippen molar-refractivity contribution >= 4 is 0 Å². The second-order valence-corrected chi connectivity index (χ2v) is 1.81. The van der Waals surface area contributed by atoms with E-state index in [9.17, 15) is 4.39 Å². The zero-order chi connectivity index (χ0) is 7.11. The second kappa shape index (κ2) is 5.94. The van der Waals surface area contributed by atoms with Crippen molar-refractivity contribution in [1.29, 1.82) is 0 Å². The summed E-state index contributed by atoms with van der Waals surface area (Å²) in [6.45, 7) is 0.105. The minimum Gasteiger partial charge on any atom is -0.396 e. The number of hydrogen-bond donors (Lipinski definition) is 3. The SMILES string of the molecule is OCC[C@H](F)CCNO. The maximum absolute atomic E-state index is 12.3. The van der Waals surface area contributed by atoms with E-state index in [1.807, 2.05) is 5.48 Å². The maximum atomic E-state index is 12.3. The molecule has 0 radical (unpaired) electrons. The van der Waals surface area contributed by atoms with Gasteiger partial charge in [-0.15, -0.1) is 0 Å². The molecule has 0 aromatic heterocycles. The molecule has 56 valence electrons. The molecule has 0 bridgehead atoms. The van der Waals surface area contributed by atoms with Gasteiger partial charge in [-0.1, -0.05) is 0 Å². The number of alkyl halides is 1. The number of halogens is 1. The van der Waals surface area contributed by atoms with Gasteiger partial charge in [-0.3, -0.25) is 0 Å². The Morgan fingerprint density at radius 1 is 1.44 bits per heavy atom. The topological polar surface area (TPSA) is 52.5 Å². The molecule has 9 heavy (non-hydrogen) atoms. The van der Waals surface area contributed by atoms with Crippen LogP contribution in [0.25, 0.3) is 0 Å². The van der Waals surface area contributed by atoms with E-state index >= 15 is 0 Å². The Kier molecular flexibility index (Phi) is 5.81. The van der Waals surface area contributed by atoms with E-state index in [4.69, 9.17) is 10.3 Å². The minimum atomic E-state index is -1.00. The third-order valence-electron chi connectivity index (χ3n) is 1.01. The molecule has 0 aromatic carbocycles. The van der Waals surface area contributed by atoms with E-state index in [1.165, 1.54) is 0 Å². The third-order valence-corrected chi connectivity index (χ3v) is 1.01. The lowest BCUT2D eigenvalue weighted by Gasteiger charge is -2.03. The summed E-state index contributed by atoms with van der Waals surface area (Å²) in [5.74, 6) is 0. The number of rotatable bonds is 5. The first-order chi connectivity index (χ1) is 4.31. The Morgan fingerprint density at radius 2 is 2.11 bits per heavy atom. The molecule has 0 aliphatic carbocycles. The number of aliphatic hydroxyl groups excluding tert-OH is 1. The average Bonchev–Trinajstić information content (AvgIpc) is 1.85. The fourth-order valence-corrected chi connectivity index (χ4v) is 0.506. The molecule has 0 saturated heterocycles. The molecule has 0 unspecified atom stereocenters. The number of aliphatic hydroxyl groups is 1. The quantitative estimate of drug-likeness (QED) is 0.470. The highest BCUT2D eigenvalue weighted by molar-refractivity contribution is 4.54. The van der Waals surface area contributed by atoms with Crippen LogP contribution in [0, 0.1) is 0 Å². The number of hydroxylamine groups is 1. The van der Waals surface area contributed by atoms with Gasteiger partial charge in [0.1, 0.15) is 6.17 Å². The fourth-order valence-electron chi connectivity index (χ4n) is 0.506. The molecule has 3 N–H and O–H groups in total. The van der Waals surface area contributed by atoms with E-state index in [0.29, 0.717) is 0 Å². The van der Waals surface area contributed by atoms with E-state index in [1.54, 1.807) is 0 Å². The molecule has 0 saturated carbocycles. The van der Waals surface area contributed by atoms with Gasteiger partial charge in [0.05, 0.1) is 0 Å². The van der Waals surface area contributed by atoms with Crippen LogP contribution >= 0.6 is 0 Å². The normalized spacial score (nSPS) is 13.7. The van der Waals surface area contributed by atoms with E-state index < -0.39 is 6.17 Å². The van der Waals surface area contributed by atoms with Gasteiger partial charge in [0.2, 0.25) is 0 Å². The predicted octanol–water partition coefficient (Wildman–Crippen LogP) is 0.0758. The van der Waals surface area contributed by atoms with Crippen LogP contribution in [0.5, 0.6) is 0 Å². The second-order valence-electron chi connectivity index (χ2n) is 1.81. The fraction of sp³-hybridized carbons (Fsp3) is 1.00. The summed E-state index contributed by atoms with van der Waals surface area (Å²) >= 11 is 0. The zero-order valence-corrected chi connectivity index (χ0v) is 5.18. The molecule has 0 amide bonds. The molecule has 0 fully saturated rings. The Balaban J connectivity index is 2.95. The molecule has 0 rings (SSSR count). The van der Waals surface area contributed by atoms with Crippen molar-refractivity contribution in [3.63, 3.8) is 0 Å². The lowest BCUT2D eigenvalue weighted by molar-refractivity contribution is 0.144. The number of hydrogen-bond acceptors (Lipinski definition) is 3. The van der Waals surface area contributed by atoms with Crippen LogP contribution in [0.1, 0.15) is 12.8 Å². The van der Waals surface area contributed by atoms with Gasteiger partial charge in [0.25, 0.3) is 0 Å². The minimum absolute atomic E-state index is 0.132. The summed E-state index contributed by atoms with van der Waals surface area (Å²) in [6, 6.07) is 0. The first kappa shape index (κ1) is 8.81. The van der Waals surface area contributed by atoms with Crippen LogP contribution in [-0.4, -0.2) is 29.6 Å². The number of nitrogens with one attached hydrogen (secondary N) is 1. The first-order valence-corrected chi connectivity index (χ1v) is 2.93. The van der Waals surface area contributed by atoms with Gasteiger partial charge >= 0.3 is 0 Å².